The highest BCUT2D eigenvalue weighted by Crippen LogP contribution is 2.45. The van der Waals surface area contributed by atoms with Gasteiger partial charge >= 0.3 is 5.97 Å². The summed E-state index contributed by atoms with van der Waals surface area (Å²) in [5.41, 5.74) is 10.5. The van der Waals surface area contributed by atoms with Gasteiger partial charge in [0.05, 0.1) is 5.56 Å². The third-order valence-electron chi connectivity index (χ3n) is 6.54. The van der Waals surface area contributed by atoms with Crippen LogP contribution < -0.4 is 16.4 Å². The Morgan fingerprint density at radius 2 is 1.76 bits per heavy atom. The van der Waals surface area contributed by atoms with Crippen LogP contribution in [0.1, 0.15) is 83.8 Å². The van der Waals surface area contributed by atoms with Crippen LogP contribution in [0.3, 0.4) is 0 Å². The molecule has 0 saturated heterocycles. The molecular formula is C33H43N5O4. The van der Waals surface area contributed by atoms with Gasteiger partial charge in [-0.2, -0.15) is 0 Å². The van der Waals surface area contributed by atoms with Crippen molar-refractivity contribution in [1.82, 2.24) is 15.3 Å². The fourth-order valence-corrected chi connectivity index (χ4v) is 4.55. The van der Waals surface area contributed by atoms with Crippen molar-refractivity contribution in [1.29, 1.82) is 0 Å². The summed E-state index contributed by atoms with van der Waals surface area (Å²) < 4.78 is 0. The van der Waals surface area contributed by atoms with Crippen molar-refractivity contribution in [2.75, 3.05) is 17.6 Å². The monoisotopic (exact) mass is 573 g/mol. The number of hydrogen-bond acceptors (Lipinski definition) is 6. The maximum Gasteiger partial charge on any atom is 0.322 e. The number of terminal acetylenes is 1. The summed E-state index contributed by atoms with van der Waals surface area (Å²) in [5.74, 6) is -0.582. The molecule has 0 bridgehead atoms. The van der Waals surface area contributed by atoms with Gasteiger partial charge in [0.15, 0.2) is 5.82 Å². The van der Waals surface area contributed by atoms with Gasteiger partial charge in [0.2, 0.25) is 11.8 Å². The molecule has 1 aromatic carbocycles. The van der Waals surface area contributed by atoms with Crippen LogP contribution in [0.25, 0.3) is 5.57 Å². The number of aliphatic carboxylic acids is 1. The molecule has 2 heterocycles. The number of fused-ring (bicyclic) bond motifs is 1. The van der Waals surface area contributed by atoms with Crippen molar-refractivity contribution < 1.29 is 19.5 Å². The Labute approximate surface area is 249 Å². The van der Waals surface area contributed by atoms with Gasteiger partial charge in [0, 0.05) is 12.0 Å². The molecule has 42 heavy (non-hydrogen) atoms. The number of carbonyl (C=O) groups is 3. The number of allylic oxidation sites excluding steroid dienone is 6. The summed E-state index contributed by atoms with van der Waals surface area (Å²) in [5, 5.41) is 13.9. The number of nitrogens with one attached hydrogen (secondary N) is 2. The SMILES string of the molecule is C#C.C/C=C\C(C(=CCC)c1nc(N)c2c(n1)NC(=O)[C@@]2(C)c1ccc(CCC(=O)NCC(=O)O)cc1)=C(C)C.CC. The average molecular weight is 574 g/mol. The Balaban J connectivity index is 0.00000211. The van der Waals surface area contributed by atoms with Gasteiger partial charge in [-0.25, -0.2) is 9.97 Å². The lowest BCUT2D eigenvalue weighted by molar-refractivity contribution is -0.137. The normalized spacial score (nSPS) is 15.4. The van der Waals surface area contributed by atoms with Crippen molar-refractivity contribution in [2.45, 2.75) is 73.1 Å². The molecular weight excluding hydrogens is 530 g/mol. The summed E-state index contributed by atoms with van der Waals surface area (Å²) in [4.78, 5) is 45.1. The lowest BCUT2D eigenvalue weighted by atomic mass is 9.77. The summed E-state index contributed by atoms with van der Waals surface area (Å²) in [6.07, 6.45) is 15.4. The first-order valence-electron chi connectivity index (χ1n) is 13.9. The number of carbonyl (C=O) groups excluding carboxylic acids is 2. The Morgan fingerprint density at radius 1 is 1.14 bits per heavy atom. The average Bonchev–Trinajstić information content (AvgIpc) is 3.25. The number of amides is 2. The maximum atomic E-state index is 13.3. The van der Waals surface area contributed by atoms with Gasteiger partial charge in [-0.05, 0) is 57.2 Å². The molecule has 0 fully saturated rings. The number of carboxylic acid groups (broad SMARTS) is 1. The van der Waals surface area contributed by atoms with Gasteiger partial charge in [-0.15, -0.1) is 12.8 Å². The highest BCUT2D eigenvalue weighted by molar-refractivity contribution is 6.09. The van der Waals surface area contributed by atoms with E-state index in [0.717, 1.165) is 34.3 Å². The number of nitrogen functional groups attached to an aromatic ring is 1. The number of aromatic nitrogens is 2. The van der Waals surface area contributed by atoms with E-state index in [-0.39, 0.29) is 24.1 Å². The molecule has 0 unspecified atom stereocenters. The molecule has 0 spiro atoms. The molecule has 0 radical (unpaired) electrons. The largest absolute Gasteiger partial charge is 0.480 e. The Bertz CT molecular complexity index is 1380. The van der Waals surface area contributed by atoms with Crippen LogP contribution in [-0.4, -0.2) is 39.4 Å². The van der Waals surface area contributed by atoms with Gasteiger partial charge in [0.1, 0.15) is 23.6 Å². The second-order valence-electron chi connectivity index (χ2n) is 9.54. The van der Waals surface area contributed by atoms with E-state index in [4.69, 9.17) is 15.8 Å². The van der Waals surface area contributed by atoms with Crippen LogP contribution in [-0.2, 0) is 26.2 Å². The highest BCUT2D eigenvalue weighted by atomic mass is 16.4. The topological polar surface area (TPSA) is 147 Å². The lowest BCUT2D eigenvalue weighted by Crippen LogP contribution is -2.33. The fraction of sp³-hybridized carbons (Fsp3) is 0.364. The predicted molar refractivity (Wildman–Crippen MR) is 170 cm³/mol. The summed E-state index contributed by atoms with van der Waals surface area (Å²) >= 11 is 0. The minimum absolute atomic E-state index is 0.158. The van der Waals surface area contributed by atoms with Crippen LogP contribution in [0.4, 0.5) is 11.6 Å². The zero-order valence-corrected chi connectivity index (χ0v) is 25.7. The van der Waals surface area contributed by atoms with E-state index in [1.54, 1.807) is 6.92 Å². The van der Waals surface area contributed by atoms with E-state index < -0.39 is 17.9 Å². The van der Waals surface area contributed by atoms with E-state index in [1.165, 1.54) is 0 Å². The van der Waals surface area contributed by atoms with Crippen LogP contribution >= 0.6 is 0 Å². The first-order chi connectivity index (χ1) is 20.0. The molecule has 9 heteroatoms. The third-order valence-corrected chi connectivity index (χ3v) is 6.54. The number of nitrogens with two attached hydrogens (primary N) is 1. The predicted octanol–water partition coefficient (Wildman–Crippen LogP) is 5.43. The van der Waals surface area contributed by atoms with Crippen molar-refractivity contribution in [3.8, 4) is 12.8 Å². The second kappa shape index (κ2) is 16.5. The van der Waals surface area contributed by atoms with Crippen molar-refractivity contribution in [2.24, 2.45) is 0 Å². The van der Waals surface area contributed by atoms with Crippen LogP contribution in [0.15, 0.2) is 53.6 Å². The van der Waals surface area contributed by atoms with Crippen LogP contribution in [0, 0.1) is 12.8 Å². The number of rotatable bonds is 10. The van der Waals surface area contributed by atoms with Gasteiger partial charge < -0.3 is 21.5 Å². The van der Waals surface area contributed by atoms with E-state index in [1.807, 2.05) is 78.0 Å². The van der Waals surface area contributed by atoms with Gasteiger partial charge in [0.25, 0.3) is 0 Å². The quantitative estimate of drug-likeness (QED) is 0.219. The summed E-state index contributed by atoms with van der Waals surface area (Å²) in [6, 6.07) is 7.37. The minimum Gasteiger partial charge on any atom is -0.480 e. The van der Waals surface area contributed by atoms with E-state index >= 15 is 0 Å². The van der Waals surface area contributed by atoms with E-state index in [0.29, 0.717) is 23.6 Å². The molecule has 1 atom stereocenters. The molecule has 1 aliphatic rings. The summed E-state index contributed by atoms with van der Waals surface area (Å²) in [6.45, 7) is 13.4. The Hall–Kier alpha value is -4.71. The number of anilines is 2. The van der Waals surface area contributed by atoms with E-state index in [9.17, 15) is 14.4 Å². The Morgan fingerprint density at radius 3 is 2.29 bits per heavy atom. The molecule has 9 nitrogen and oxygen atoms in total. The molecule has 0 aliphatic carbocycles. The van der Waals surface area contributed by atoms with Crippen molar-refractivity contribution >= 4 is 35.0 Å². The number of benzene rings is 1. The van der Waals surface area contributed by atoms with Crippen LogP contribution in [0.5, 0.6) is 0 Å². The number of hydrogen-bond donors (Lipinski definition) is 4. The smallest absolute Gasteiger partial charge is 0.322 e. The molecule has 2 amide bonds. The molecule has 3 rings (SSSR count). The standard InChI is InChI=1S/C29H35N5O4.C2H6.C2H2/c1-6-8-20(17(3)4)21(9-7-2)26-32-25(30)24-27(33-26)34-28(38)29(24,5)19-13-10-18(11-14-19)12-15-22(35)31-16-23(36)37;2*1-2/h6,8-11,13-14H,7,12,15-16H2,1-5H3,(H,31,35)(H,36,37)(H3,30,32,33,34,38);1-2H3;1-2H/b8-6-,21-9?;;/t29-;;/m0../s1. The van der Waals surface area contributed by atoms with Crippen molar-refractivity contribution in [3.63, 3.8) is 0 Å². The summed E-state index contributed by atoms with van der Waals surface area (Å²) in [7, 11) is 0. The maximum absolute atomic E-state index is 13.3. The van der Waals surface area contributed by atoms with Crippen molar-refractivity contribution in [3.05, 3.63) is 76.2 Å². The fourth-order valence-electron chi connectivity index (χ4n) is 4.55. The number of nitrogens with zero attached hydrogens (tertiary/aromatic N) is 2. The second-order valence-corrected chi connectivity index (χ2v) is 9.54. The Kier molecular flexibility index (Phi) is 13.9. The number of carboxylic acids is 1. The third kappa shape index (κ3) is 8.16. The molecule has 2 aromatic rings. The molecule has 224 valence electrons. The molecule has 1 aromatic heterocycles. The first kappa shape index (κ1) is 35.3. The molecule has 0 saturated carbocycles. The highest BCUT2D eigenvalue weighted by Gasteiger charge is 2.47. The minimum atomic E-state index is -1.09. The van der Waals surface area contributed by atoms with Crippen LogP contribution in [0.2, 0.25) is 0 Å². The zero-order chi connectivity index (χ0) is 32.0. The lowest BCUT2D eigenvalue weighted by Gasteiger charge is -2.24. The van der Waals surface area contributed by atoms with Gasteiger partial charge in [-0.1, -0.05) is 68.8 Å². The zero-order valence-electron chi connectivity index (χ0n) is 25.7. The molecule has 5 N–H and O–H groups in total. The first-order valence-corrected chi connectivity index (χ1v) is 13.9. The molecule has 1 aliphatic heterocycles. The van der Waals surface area contributed by atoms with Gasteiger partial charge in [-0.3, -0.25) is 14.4 Å². The number of aryl methyl sites for hydroxylation is 1. The van der Waals surface area contributed by atoms with E-state index in [2.05, 4.69) is 34.5 Å².